The van der Waals surface area contributed by atoms with Crippen molar-refractivity contribution in [2.45, 2.75) is 20.5 Å². The number of aryl methyl sites for hydroxylation is 3. The summed E-state index contributed by atoms with van der Waals surface area (Å²) in [6.45, 7) is 4.22. The van der Waals surface area contributed by atoms with Gasteiger partial charge in [0.1, 0.15) is 29.0 Å². The van der Waals surface area contributed by atoms with Crippen LogP contribution >= 0.6 is 11.6 Å². The van der Waals surface area contributed by atoms with Crippen LogP contribution in [0.4, 0.5) is 0 Å². The zero-order valence-corrected chi connectivity index (χ0v) is 13.4. The maximum absolute atomic E-state index is 5.95. The van der Waals surface area contributed by atoms with Gasteiger partial charge in [0.25, 0.3) is 0 Å². The molecule has 0 aliphatic carbocycles. The number of hydrogen-bond donors (Lipinski definition) is 0. The van der Waals surface area contributed by atoms with Gasteiger partial charge in [-0.3, -0.25) is 4.68 Å². The van der Waals surface area contributed by atoms with Crippen molar-refractivity contribution in [2.24, 2.45) is 7.05 Å². The van der Waals surface area contributed by atoms with E-state index in [4.69, 9.17) is 20.9 Å². The maximum Gasteiger partial charge on any atom is 0.141 e. The first-order valence-corrected chi connectivity index (χ1v) is 7.27. The third-order valence-electron chi connectivity index (χ3n) is 3.44. The fourth-order valence-corrected chi connectivity index (χ4v) is 2.50. The molecule has 0 unspecified atom stereocenters. The highest BCUT2D eigenvalue weighted by atomic mass is 35.5. The molecule has 114 valence electrons. The normalized spacial score (nSPS) is 10.9. The van der Waals surface area contributed by atoms with E-state index in [1.807, 2.05) is 38.1 Å². The predicted octanol–water partition coefficient (Wildman–Crippen LogP) is 3.92. The number of halogens is 1. The standard InChI is InChI=1S/C16H16ClN3O2/c1-10-16(11(2)22-19-10)12-4-6-14(7-5-12)21-9-13-8-15(17)20(3)18-13/h4-8H,9H2,1-3H3. The lowest BCUT2D eigenvalue weighted by atomic mass is 10.0. The Morgan fingerprint density at radius 3 is 2.50 bits per heavy atom. The minimum absolute atomic E-state index is 0.380. The molecule has 2 heterocycles. The molecule has 0 atom stereocenters. The van der Waals surface area contributed by atoms with Gasteiger partial charge in [-0.15, -0.1) is 0 Å². The van der Waals surface area contributed by atoms with Crippen LogP contribution in [0.5, 0.6) is 5.75 Å². The van der Waals surface area contributed by atoms with Crippen LogP contribution in [0.1, 0.15) is 17.1 Å². The molecule has 0 aliphatic heterocycles. The average molecular weight is 318 g/mol. The molecular formula is C16H16ClN3O2. The highest BCUT2D eigenvalue weighted by molar-refractivity contribution is 6.29. The summed E-state index contributed by atoms with van der Waals surface area (Å²) in [6, 6.07) is 9.62. The van der Waals surface area contributed by atoms with E-state index in [1.54, 1.807) is 17.8 Å². The monoisotopic (exact) mass is 317 g/mol. The average Bonchev–Trinajstić information content (AvgIpc) is 3.00. The van der Waals surface area contributed by atoms with Gasteiger partial charge in [-0.1, -0.05) is 28.9 Å². The quantitative estimate of drug-likeness (QED) is 0.731. The summed E-state index contributed by atoms with van der Waals surface area (Å²) in [7, 11) is 1.80. The Labute approximate surface area is 133 Å². The van der Waals surface area contributed by atoms with E-state index in [0.29, 0.717) is 11.8 Å². The van der Waals surface area contributed by atoms with Gasteiger partial charge in [0, 0.05) is 18.7 Å². The molecule has 0 bridgehead atoms. The van der Waals surface area contributed by atoms with Crippen LogP contribution in [-0.4, -0.2) is 14.9 Å². The third-order valence-corrected chi connectivity index (χ3v) is 3.79. The lowest BCUT2D eigenvalue weighted by Crippen LogP contribution is -1.98. The summed E-state index contributed by atoms with van der Waals surface area (Å²) in [5.41, 5.74) is 3.77. The van der Waals surface area contributed by atoms with Crippen molar-refractivity contribution in [3.63, 3.8) is 0 Å². The number of rotatable bonds is 4. The molecule has 6 heteroatoms. The van der Waals surface area contributed by atoms with Gasteiger partial charge < -0.3 is 9.26 Å². The molecule has 0 spiro atoms. The molecule has 0 amide bonds. The first-order chi connectivity index (χ1) is 10.5. The molecule has 3 rings (SSSR count). The third kappa shape index (κ3) is 2.85. The van der Waals surface area contributed by atoms with Crippen LogP contribution < -0.4 is 4.74 Å². The molecule has 0 saturated heterocycles. The van der Waals surface area contributed by atoms with E-state index in [1.165, 1.54) is 0 Å². The van der Waals surface area contributed by atoms with Crippen LogP contribution in [0.3, 0.4) is 0 Å². The topological polar surface area (TPSA) is 53.1 Å². The number of hydrogen-bond acceptors (Lipinski definition) is 4. The van der Waals surface area contributed by atoms with E-state index in [-0.39, 0.29) is 0 Å². The van der Waals surface area contributed by atoms with Crippen LogP contribution in [-0.2, 0) is 13.7 Å². The summed E-state index contributed by atoms with van der Waals surface area (Å²) in [5, 5.41) is 8.81. The lowest BCUT2D eigenvalue weighted by Gasteiger charge is -2.06. The molecule has 0 fully saturated rings. The van der Waals surface area contributed by atoms with Gasteiger partial charge in [-0.2, -0.15) is 5.10 Å². The first-order valence-electron chi connectivity index (χ1n) is 6.89. The zero-order valence-electron chi connectivity index (χ0n) is 12.6. The highest BCUT2D eigenvalue weighted by Gasteiger charge is 2.11. The van der Waals surface area contributed by atoms with E-state index in [2.05, 4.69) is 10.3 Å². The Morgan fingerprint density at radius 2 is 1.95 bits per heavy atom. The summed E-state index contributed by atoms with van der Waals surface area (Å²) in [5.74, 6) is 1.59. The van der Waals surface area contributed by atoms with Crippen LogP contribution in [0.2, 0.25) is 5.15 Å². The van der Waals surface area contributed by atoms with Crippen LogP contribution in [0.25, 0.3) is 11.1 Å². The van der Waals surface area contributed by atoms with Crippen molar-refractivity contribution in [1.29, 1.82) is 0 Å². The Morgan fingerprint density at radius 1 is 1.23 bits per heavy atom. The van der Waals surface area contributed by atoms with Crippen LogP contribution in [0.15, 0.2) is 34.9 Å². The van der Waals surface area contributed by atoms with E-state index in [0.717, 1.165) is 34.0 Å². The van der Waals surface area contributed by atoms with Gasteiger partial charge in [0.05, 0.1) is 5.69 Å². The zero-order chi connectivity index (χ0) is 15.7. The highest BCUT2D eigenvalue weighted by Crippen LogP contribution is 2.28. The Kier molecular flexibility index (Phi) is 3.90. The second kappa shape index (κ2) is 5.85. The van der Waals surface area contributed by atoms with Crippen LogP contribution in [0, 0.1) is 13.8 Å². The van der Waals surface area contributed by atoms with Crippen molar-refractivity contribution >= 4 is 11.6 Å². The molecule has 1 aromatic carbocycles. The molecule has 22 heavy (non-hydrogen) atoms. The second-order valence-electron chi connectivity index (χ2n) is 5.09. The van der Waals surface area contributed by atoms with Crippen molar-refractivity contribution in [3.05, 3.63) is 52.6 Å². The van der Waals surface area contributed by atoms with E-state index >= 15 is 0 Å². The maximum atomic E-state index is 5.95. The minimum atomic E-state index is 0.380. The number of aromatic nitrogens is 3. The van der Waals surface area contributed by atoms with Gasteiger partial charge >= 0.3 is 0 Å². The Balaban J connectivity index is 1.72. The number of nitrogens with zero attached hydrogens (tertiary/aromatic N) is 3. The molecule has 0 saturated carbocycles. The molecular weight excluding hydrogens is 302 g/mol. The van der Waals surface area contributed by atoms with Gasteiger partial charge in [0.15, 0.2) is 0 Å². The fourth-order valence-electron chi connectivity index (χ4n) is 2.34. The van der Waals surface area contributed by atoms with Crippen molar-refractivity contribution in [2.75, 3.05) is 0 Å². The van der Waals surface area contributed by atoms with E-state index in [9.17, 15) is 0 Å². The first kappa shape index (κ1) is 14.7. The van der Waals surface area contributed by atoms with Gasteiger partial charge in [0.2, 0.25) is 0 Å². The Hall–Kier alpha value is -2.27. The van der Waals surface area contributed by atoms with Crippen molar-refractivity contribution in [1.82, 2.24) is 14.9 Å². The molecule has 3 aromatic rings. The van der Waals surface area contributed by atoms with Gasteiger partial charge in [-0.05, 0) is 31.5 Å². The van der Waals surface area contributed by atoms with Crippen molar-refractivity contribution < 1.29 is 9.26 Å². The summed E-state index contributed by atoms with van der Waals surface area (Å²) < 4.78 is 12.5. The Bertz CT molecular complexity index is 751. The SMILES string of the molecule is Cc1noc(C)c1-c1ccc(OCc2cc(Cl)n(C)n2)cc1. The summed E-state index contributed by atoms with van der Waals surface area (Å²) >= 11 is 5.95. The lowest BCUT2D eigenvalue weighted by molar-refractivity contribution is 0.300. The second-order valence-corrected chi connectivity index (χ2v) is 5.48. The molecule has 0 aliphatic rings. The summed E-state index contributed by atoms with van der Waals surface area (Å²) in [6.07, 6.45) is 0. The number of ether oxygens (including phenoxy) is 1. The van der Waals surface area contributed by atoms with Gasteiger partial charge in [-0.25, -0.2) is 0 Å². The fraction of sp³-hybridized carbons (Fsp3) is 0.250. The van der Waals surface area contributed by atoms with Crippen molar-refractivity contribution in [3.8, 4) is 16.9 Å². The minimum Gasteiger partial charge on any atom is -0.487 e. The molecule has 2 aromatic heterocycles. The summed E-state index contributed by atoms with van der Waals surface area (Å²) in [4.78, 5) is 0. The predicted molar refractivity (Wildman–Crippen MR) is 84.0 cm³/mol. The molecule has 5 nitrogen and oxygen atoms in total. The largest absolute Gasteiger partial charge is 0.487 e. The molecule has 0 N–H and O–H groups in total. The molecule has 0 radical (unpaired) electrons. The van der Waals surface area contributed by atoms with E-state index < -0.39 is 0 Å². The number of benzene rings is 1. The smallest absolute Gasteiger partial charge is 0.141 e.